The van der Waals surface area contributed by atoms with Crippen molar-refractivity contribution in [3.8, 4) is 0 Å². The Balaban J connectivity index is 2.79. The summed E-state index contributed by atoms with van der Waals surface area (Å²) in [5, 5.41) is 3.82. The second kappa shape index (κ2) is 4.60. The van der Waals surface area contributed by atoms with Crippen molar-refractivity contribution in [2.45, 2.75) is 4.90 Å². The highest BCUT2D eigenvalue weighted by molar-refractivity contribution is 7.90. The lowest BCUT2D eigenvalue weighted by molar-refractivity contribution is -0.0629. The summed E-state index contributed by atoms with van der Waals surface area (Å²) in [7, 11) is -1.22. The largest absolute Gasteiger partial charge is 0.354 e. The number of hydrogen-bond acceptors (Lipinski definition) is 5. The topological polar surface area (TPSA) is 75.7 Å². The van der Waals surface area contributed by atoms with Crippen molar-refractivity contribution >= 4 is 27.4 Å². The van der Waals surface area contributed by atoms with Crippen LogP contribution in [0.1, 0.15) is 0 Å². The van der Waals surface area contributed by atoms with Crippen LogP contribution in [0.25, 0.3) is 0 Å². The van der Waals surface area contributed by atoms with Gasteiger partial charge in [-0.15, -0.1) is 0 Å². The van der Waals surface area contributed by atoms with E-state index in [0.717, 1.165) is 5.06 Å². The van der Waals surface area contributed by atoms with Crippen LogP contribution < -0.4 is 4.72 Å². The van der Waals surface area contributed by atoms with Crippen LogP contribution in [0.5, 0.6) is 0 Å². The zero-order valence-corrected chi connectivity index (χ0v) is 9.76. The standard InChI is InChI=1S/C7H10N2O4S2/c1-9(13-2)7(10)8-15(11,12)6-3-4-14-5-6/h3-5H,1-2H3,(H,8,10). The van der Waals surface area contributed by atoms with Gasteiger partial charge in [-0.3, -0.25) is 4.84 Å². The maximum atomic E-state index is 11.5. The Morgan fingerprint density at radius 1 is 1.60 bits per heavy atom. The fraction of sp³-hybridized carbons (Fsp3) is 0.286. The minimum atomic E-state index is -3.78. The Kier molecular flexibility index (Phi) is 3.66. The minimum Gasteiger partial charge on any atom is -0.273 e. The van der Waals surface area contributed by atoms with E-state index in [0.29, 0.717) is 0 Å². The van der Waals surface area contributed by atoms with Gasteiger partial charge in [0.2, 0.25) is 0 Å². The van der Waals surface area contributed by atoms with Crippen molar-refractivity contribution in [1.29, 1.82) is 0 Å². The molecule has 8 heteroatoms. The lowest BCUT2D eigenvalue weighted by atomic mass is 10.7. The average Bonchev–Trinajstić information content (AvgIpc) is 2.69. The first-order chi connectivity index (χ1) is 6.97. The minimum absolute atomic E-state index is 0.0605. The normalized spacial score (nSPS) is 11.1. The molecule has 0 aliphatic rings. The van der Waals surface area contributed by atoms with Crippen molar-refractivity contribution in [3.05, 3.63) is 16.8 Å². The molecule has 0 radical (unpaired) electrons. The van der Waals surface area contributed by atoms with Gasteiger partial charge in [0.05, 0.1) is 12.0 Å². The maximum absolute atomic E-state index is 11.5. The summed E-state index contributed by atoms with van der Waals surface area (Å²) in [6.45, 7) is 0. The SMILES string of the molecule is CON(C)C(=O)NS(=O)(=O)c1ccsc1. The van der Waals surface area contributed by atoms with Crippen LogP contribution in [0.3, 0.4) is 0 Å². The predicted molar refractivity (Wildman–Crippen MR) is 54.8 cm³/mol. The third kappa shape index (κ3) is 2.91. The molecule has 0 spiro atoms. The number of rotatable bonds is 3. The zero-order valence-electron chi connectivity index (χ0n) is 8.13. The Morgan fingerprint density at radius 3 is 2.73 bits per heavy atom. The highest BCUT2D eigenvalue weighted by Gasteiger charge is 2.20. The number of thiophene rings is 1. The average molecular weight is 250 g/mol. The number of carbonyl (C=O) groups excluding carboxylic acids is 1. The second-order valence-electron chi connectivity index (χ2n) is 2.55. The smallest absolute Gasteiger partial charge is 0.273 e. The molecular weight excluding hydrogens is 240 g/mol. The number of urea groups is 1. The lowest BCUT2D eigenvalue weighted by Gasteiger charge is -2.14. The molecule has 6 nitrogen and oxygen atoms in total. The van der Waals surface area contributed by atoms with Gasteiger partial charge in [0, 0.05) is 12.4 Å². The molecule has 0 fully saturated rings. The first-order valence-electron chi connectivity index (χ1n) is 3.84. The summed E-state index contributed by atoms with van der Waals surface area (Å²) in [5.74, 6) is 0. The first kappa shape index (κ1) is 12.0. The Labute approximate surface area is 91.5 Å². The summed E-state index contributed by atoms with van der Waals surface area (Å²) in [5.41, 5.74) is 0. The van der Waals surface area contributed by atoms with E-state index in [-0.39, 0.29) is 4.90 Å². The number of nitrogens with one attached hydrogen (secondary N) is 1. The van der Waals surface area contributed by atoms with E-state index in [1.54, 1.807) is 5.38 Å². The van der Waals surface area contributed by atoms with Gasteiger partial charge < -0.3 is 0 Å². The molecule has 1 aromatic rings. The van der Waals surface area contributed by atoms with Crippen LogP contribution in [-0.4, -0.2) is 33.7 Å². The first-order valence-corrected chi connectivity index (χ1v) is 6.27. The number of carbonyl (C=O) groups is 1. The van der Waals surface area contributed by atoms with Crippen molar-refractivity contribution in [1.82, 2.24) is 9.79 Å². The molecule has 2 amide bonds. The fourth-order valence-corrected chi connectivity index (χ4v) is 2.73. The quantitative estimate of drug-likeness (QED) is 0.799. The van der Waals surface area contributed by atoms with Crippen molar-refractivity contribution in [3.63, 3.8) is 0 Å². The van der Waals surface area contributed by atoms with Gasteiger partial charge >= 0.3 is 6.03 Å². The summed E-state index contributed by atoms with van der Waals surface area (Å²) in [6.07, 6.45) is 0. The molecule has 0 aliphatic heterocycles. The van der Waals surface area contributed by atoms with Gasteiger partial charge in [-0.1, -0.05) is 0 Å². The molecule has 1 N–H and O–H groups in total. The van der Waals surface area contributed by atoms with E-state index >= 15 is 0 Å². The van der Waals surface area contributed by atoms with E-state index in [9.17, 15) is 13.2 Å². The molecule has 0 aromatic carbocycles. The molecular formula is C7H10N2O4S2. The monoisotopic (exact) mass is 250 g/mol. The van der Waals surface area contributed by atoms with Crippen molar-refractivity contribution in [2.75, 3.05) is 14.2 Å². The maximum Gasteiger partial charge on any atom is 0.354 e. The third-order valence-electron chi connectivity index (χ3n) is 1.59. The zero-order chi connectivity index (χ0) is 11.5. The van der Waals surface area contributed by atoms with E-state index in [2.05, 4.69) is 4.84 Å². The summed E-state index contributed by atoms with van der Waals surface area (Å²) in [6, 6.07) is 0.566. The number of nitrogens with zero attached hydrogens (tertiary/aromatic N) is 1. The molecule has 1 aromatic heterocycles. The van der Waals surface area contributed by atoms with Crippen LogP contribution in [0.2, 0.25) is 0 Å². The van der Waals surface area contributed by atoms with E-state index in [1.165, 1.54) is 36.9 Å². The third-order valence-corrected chi connectivity index (χ3v) is 3.74. The lowest BCUT2D eigenvalue weighted by Crippen LogP contribution is -2.39. The van der Waals surface area contributed by atoms with Crippen molar-refractivity contribution < 1.29 is 18.0 Å². The van der Waals surface area contributed by atoms with Gasteiger partial charge in [-0.05, 0) is 11.4 Å². The molecule has 0 aliphatic carbocycles. The molecule has 0 saturated carbocycles. The van der Waals surface area contributed by atoms with Gasteiger partial charge in [0.15, 0.2) is 0 Å². The highest BCUT2D eigenvalue weighted by Crippen LogP contribution is 2.12. The van der Waals surface area contributed by atoms with Crippen LogP contribution in [0, 0.1) is 0 Å². The van der Waals surface area contributed by atoms with Gasteiger partial charge in [-0.2, -0.15) is 11.3 Å². The molecule has 0 atom stereocenters. The molecule has 84 valence electrons. The van der Waals surface area contributed by atoms with Crippen molar-refractivity contribution in [2.24, 2.45) is 0 Å². The van der Waals surface area contributed by atoms with Crippen LogP contribution >= 0.6 is 11.3 Å². The number of hydroxylamine groups is 2. The molecule has 0 unspecified atom stereocenters. The highest BCUT2D eigenvalue weighted by atomic mass is 32.2. The molecule has 0 bridgehead atoms. The predicted octanol–water partition coefficient (Wildman–Crippen LogP) is 0.640. The van der Waals surface area contributed by atoms with Crippen LogP contribution in [0.4, 0.5) is 4.79 Å². The molecule has 1 rings (SSSR count). The molecule has 1 heterocycles. The van der Waals surface area contributed by atoms with Gasteiger partial charge in [-0.25, -0.2) is 23.0 Å². The van der Waals surface area contributed by atoms with E-state index < -0.39 is 16.1 Å². The van der Waals surface area contributed by atoms with Gasteiger partial charge in [0.1, 0.15) is 0 Å². The number of hydrogen-bond donors (Lipinski definition) is 1. The summed E-state index contributed by atoms with van der Waals surface area (Å²) < 4.78 is 24.9. The fourth-order valence-electron chi connectivity index (χ4n) is 0.726. The summed E-state index contributed by atoms with van der Waals surface area (Å²) in [4.78, 5) is 15.8. The van der Waals surface area contributed by atoms with E-state index in [1.807, 2.05) is 4.72 Å². The molecule has 0 saturated heterocycles. The molecule has 15 heavy (non-hydrogen) atoms. The number of amides is 2. The van der Waals surface area contributed by atoms with E-state index in [4.69, 9.17) is 0 Å². The van der Waals surface area contributed by atoms with Crippen LogP contribution in [-0.2, 0) is 14.9 Å². The van der Waals surface area contributed by atoms with Gasteiger partial charge in [0.25, 0.3) is 10.0 Å². The second-order valence-corrected chi connectivity index (χ2v) is 5.01. The summed E-state index contributed by atoms with van der Waals surface area (Å²) >= 11 is 1.23. The van der Waals surface area contributed by atoms with Crippen LogP contribution in [0.15, 0.2) is 21.7 Å². The number of sulfonamides is 1. The Hall–Kier alpha value is -1.12. The Bertz CT molecular complexity index is 426. The Morgan fingerprint density at radius 2 is 2.27 bits per heavy atom.